The quantitative estimate of drug-likeness (QED) is 0.779. The molecule has 2 aromatic carbocycles. The maximum atomic E-state index is 3.76. The Morgan fingerprint density at radius 3 is 2.50 bits per heavy atom. The fraction of sp³-hybridized carbons (Fsp3) is 0.368. The molecule has 3 heteroatoms. The minimum atomic E-state index is 0.365. The minimum Gasteiger partial charge on any atom is -0.384 e. The third-order valence-electron chi connectivity index (χ3n) is 4.25. The molecule has 0 saturated carbocycles. The highest BCUT2D eigenvalue weighted by Crippen LogP contribution is 2.29. The average Bonchev–Trinajstić information content (AvgIpc) is 2.58. The highest BCUT2D eigenvalue weighted by Gasteiger charge is 2.26. The molecule has 2 aromatic rings. The third kappa shape index (κ3) is 3.42. The van der Waals surface area contributed by atoms with Crippen molar-refractivity contribution in [2.24, 2.45) is 0 Å². The SMILES string of the molecule is CCNc1ccccc1N[C@H]1CCCN[C@H]1c1ccccc1. The van der Waals surface area contributed by atoms with Crippen LogP contribution in [-0.2, 0) is 0 Å². The topological polar surface area (TPSA) is 36.1 Å². The first-order chi connectivity index (χ1) is 10.9. The molecule has 1 aliphatic rings. The summed E-state index contributed by atoms with van der Waals surface area (Å²) in [5, 5.41) is 10.9. The van der Waals surface area contributed by atoms with Gasteiger partial charge in [0.05, 0.1) is 17.4 Å². The molecule has 0 radical (unpaired) electrons. The van der Waals surface area contributed by atoms with Crippen LogP contribution in [-0.4, -0.2) is 19.1 Å². The van der Waals surface area contributed by atoms with E-state index in [2.05, 4.69) is 77.5 Å². The van der Waals surface area contributed by atoms with Gasteiger partial charge >= 0.3 is 0 Å². The van der Waals surface area contributed by atoms with E-state index in [4.69, 9.17) is 0 Å². The van der Waals surface area contributed by atoms with Crippen LogP contribution in [0.3, 0.4) is 0 Å². The Morgan fingerprint density at radius 2 is 1.73 bits per heavy atom. The zero-order chi connectivity index (χ0) is 15.2. The molecule has 0 unspecified atom stereocenters. The first-order valence-corrected chi connectivity index (χ1v) is 8.26. The van der Waals surface area contributed by atoms with Crippen molar-refractivity contribution in [1.82, 2.24) is 5.32 Å². The van der Waals surface area contributed by atoms with E-state index in [9.17, 15) is 0 Å². The summed E-state index contributed by atoms with van der Waals surface area (Å²) in [5.41, 5.74) is 3.74. The number of nitrogens with one attached hydrogen (secondary N) is 3. The van der Waals surface area contributed by atoms with Crippen LogP contribution in [0, 0.1) is 0 Å². The average molecular weight is 295 g/mol. The fourth-order valence-corrected chi connectivity index (χ4v) is 3.21. The number of anilines is 2. The molecule has 3 nitrogen and oxygen atoms in total. The number of benzene rings is 2. The van der Waals surface area contributed by atoms with Crippen LogP contribution in [0.2, 0.25) is 0 Å². The van der Waals surface area contributed by atoms with Crippen LogP contribution >= 0.6 is 0 Å². The zero-order valence-corrected chi connectivity index (χ0v) is 13.2. The number of hydrogen-bond acceptors (Lipinski definition) is 3. The minimum absolute atomic E-state index is 0.365. The van der Waals surface area contributed by atoms with Gasteiger partial charge in [0.15, 0.2) is 0 Å². The molecule has 3 N–H and O–H groups in total. The van der Waals surface area contributed by atoms with E-state index >= 15 is 0 Å². The highest BCUT2D eigenvalue weighted by molar-refractivity contribution is 5.69. The van der Waals surface area contributed by atoms with E-state index in [0.717, 1.165) is 13.1 Å². The predicted octanol–water partition coefficient (Wildman–Crippen LogP) is 4.02. The normalized spacial score (nSPS) is 21.3. The van der Waals surface area contributed by atoms with Crippen molar-refractivity contribution in [3.8, 4) is 0 Å². The lowest BCUT2D eigenvalue weighted by molar-refractivity contribution is 0.377. The van der Waals surface area contributed by atoms with Gasteiger partial charge < -0.3 is 16.0 Å². The van der Waals surface area contributed by atoms with Crippen LogP contribution < -0.4 is 16.0 Å². The summed E-state index contributed by atoms with van der Waals surface area (Å²) >= 11 is 0. The Balaban J connectivity index is 1.80. The van der Waals surface area contributed by atoms with Gasteiger partial charge in [-0.3, -0.25) is 0 Å². The van der Waals surface area contributed by atoms with E-state index in [1.165, 1.54) is 29.8 Å². The van der Waals surface area contributed by atoms with Crippen molar-refractivity contribution in [1.29, 1.82) is 0 Å². The van der Waals surface area contributed by atoms with Gasteiger partial charge in [-0.1, -0.05) is 42.5 Å². The lowest BCUT2D eigenvalue weighted by Gasteiger charge is -2.34. The fourth-order valence-electron chi connectivity index (χ4n) is 3.21. The van der Waals surface area contributed by atoms with Crippen molar-refractivity contribution in [3.63, 3.8) is 0 Å². The number of hydrogen-bond donors (Lipinski definition) is 3. The zero-order valence-electron chi connectivity index (χ0n) is 13.2. The van der Waals surface area contributed by atoms with E-state index in [1.807, 2.05) is 0 Å². The molecule has 1 aliphatic heterocycles. The Morgan fingerprint density at radius 1 is 1.00 bits per heavy atom. The van der Waals surface area contributed by atoms with Gasteiger partial charge in [-0.2, -0.15) is 0 Å². The molecule has 22 heavy (non-hydrogen) atoms. The summed E-state index contributed by atoms with van der Waals surface area (Å²) in [6.45, 7) is 4.15. The first-order valence-electron chi connectivity index (χ1n) is 8.26. The van der Waals surface area contributed by atoms with Crippen molar-refractivity contribution in [3.05, 3.63) is 60.2 Å². The van der Waals surface area contributed by atoms with Crippen LogP contribution in [0.4, 0.5) is 11.4 Å². The van der Waals surface area contributed by atoms with E-state index in [-0.39, 0.29) is 0 Å². The molecule has 0 bridgehead atoms. The maximum Gasteiger partial charge on any atom is 0.0578 e. The molecule has 1 saturated heterocycles. The Bertz CT molecular complexity index is 582. The summed E-state index contributed by atoms with van der Waals surface area (Å²) in [4.78, 5) is 0. The molecule has 0 aromatic heterocycles. The van der Waals surface area contributed by atoms with Gasteiger partial charge in [0.1, 0.15) is 0 Å². The molecule has 0 amide bonds. The van der Waals surface area contributed by atoms with Crippen LogP contribution in [0.1, 0.15) is 31.4 Å². The molecular weight excluding hydrogens is 270 g/mol. The lowest BCUT2D eigenvalue weighted by atomic mass is 9.92. The van der Waals surface area contributed by atoms with Crippen molar-refractivity contribution < 1.29 is 0 Å². The van der Waals surface area contributed by atoms with Crippen molar-refractivity contribution in [2.45, 2.75) is 31.8 Å². The molecule has 1 fully saturated rings. The molecule has 2 atom stereocenters. The van der Waals surface area contributed by atoms with Crippen LogP contribution in [0.5, 0.6) is 0 Å². The Labute approximate surface area is 133 Å². The van der Waals surface area contributed by atoms with Gasteiger partial charge in [-0.05, 0) is 44.0 Å². The summed E-state index contributed by atoms with van der Waals surface area (Å²) in [7, 11) is 0. The van der Waals surface area contributed by atoms with Crippen molar-refractivity contribution >= 4 is 11.4 Å². The number of rotatable bonds is 5. The number of piperidine rings is 1. The second kappa shape index (κ2) is 7.32. The molecule has 3 rings (SSSR count). The lowest BCUT2D eigenvalue weighted by Crippen LogP contribution is -2.42. The Hall–Kier alpha value is -2.00. The van der Waals surface area contributed by atoms with Gasteiger partial charge in [0, 0.05) is 12.6 Å². The van der Waals surface area contributed by atoms with Gasteiger partial charge in [-0.25, -0.2) is 0 Å². The number of para-hydroxylation sites is 2. The summed E-state index contributed by atoms with van der Waals surface area (Å²) in [6, 6.07) is 20.0. The summed E-state index contributed by atoms with van der Waals surface area (Å²) in [5.74, 6) is 0. The standard InChI is InChI=1S/C19H25N3/c1-2-20-16-11-6-7-12-17(16)22-18-13-8-14-21-19(18)15-9-4-3-5-10-15/h3-7,9-12,18-22H,2,8,13-14H2,1H3/t18-,19-/m0/s1. The molecule has 0 spiro atoms. The monoisotopic (exact) mass is 295 g/mol. The Kier molecular flexibility index (Phi) is 4.96. The van der Waals surface area contributed by atoms with E-state index in [0.29, 0.717) is 12.1 Å². The van der Waals surface area contributed by atoms with Crippen LogP contribution in [0.15, 0.2) is 54.6 Å². The molecule has 116 valence electrons. The largest absolute Gasteiger partial charge is 0.384 e. The highest BCUT2D eigenvalue weighted by atomic mass is 15.1. The summed E-state index contributed by atoms with van der Waals surface area (Å²) in [6.07, 6.45) is 2.40. The molecule has 1 heterocycles. The molecule has 0 aliphatic carbocycles. The van der Waals surface area contributed by atoms with E-state index < -0.39 is 0 Å². The second-order valence-corrected chi connectivity index (χ2v) is 5.81. The second-order valence-electron chi connectivity index (χ2n) is 5.81. The van der Waals surface area contributed by atoms with Crippen LogP contribution in [0.25, 0.3) is 0 Å². The molecular formula is C19H25N3. The third-order valence-corrected chi connectivity index (χ3v) is 4.25. The summed E-state index contributed by atoms with van der Waals surface area (Å²) < 4.78 is 0. The van der Waals surface area contributed by atoms with Gasteiger partial charge in [0.25, 0.3) is 0 Å². The van der Waals surface area contributed by atoms with Gasteiger partial charge in [0.2, 0.25) is 0 Å². The van der Waals surface area contributed by atoms with E-state index in [1.54, 1.807) is 0 Å². The predicted molar refractivity (Wildman–Crippen MR) is 94.4 cm³/mol. The van der Waals surface area contributed by atoms with Crippen molar-refractivity contribution in [2.75, 3.05) is 23.7 Å². The first kappa shape index (κ1) is 14.9. The smallest absolute Gasteiger partial charge is 0.0578 e. The van der Waals surface area contributed by atoms with Gasteiger partial charge in [-0.15, -0.1) is 0 Å². The maximum absolute atomic E-state index is 3.76.